The van der Waals surface area contributed by atoms with Gasteiger partial charge in [0, 0.05) is 44.0 Å². The molecule has 1 aliphatic heterocycles. The van der Waals surface area contributed by atoms with Gasteiger partial charge < -0.3 is 4.74 Å². The maximum absolute atomic E-state index is 5.95. The van der Waals surface area contributed by atoms with E-state index in [4.69, 9.17) is 4.74 Å². The van der Waals surface area contributed by atoms with Gasteiger partial charge in [-0.25, -0.2) is 0 Å². The van der Waals surface area contributed by atoms with Crippen LogP contribution in [-0.4, -0.2) is 33.6 Å². The number of benzene rings is 1. The van der Waals surface area contributed by atoms with Gasteiger partial charge in [-0.05, 0) is 45.0 Å². The van der Waals surface area contributed by atoms with E-state index in [1.54, 1.807) is 12.4 Å². The Labute approximate surface area is 138 Å². The van der Waals surface area contributed by atoms with E-state index in [2.05, 4.69) is 60.9 Å². The van der Waals surface area contributed by atoms with Crippen LogP contribution in [0.2, 0.25) is 0 Å². The highest BCUT2D eigenvalue weighted by atomic mass is 16.5. The van der Waals surface area contributed by atoms with E-state index >= 15 is 0 Å². The van der Waals surface area contributed by atoms with Crippen molar-refractivity contribution in [2.75, 3.05) is 7.05 Å². The molecule has 0 saturated heterocycles. The fourth-order valence-electron chi connectivity index (χ4n) is 3.10. The van der Waals surface area contributed by atoms with Crippen LogP contribution < -0.4 is 4.74 Å². The van der Waals surface area contributed by atoms with E-state index < -0.39 is 0 Å². The lowest BCUT2D eigenvalue weighted by atomic mass is 10.00. The molecule has 0 radical (unpaired) electrons. The molecule has 122 valence electrons. The van der Waals surface area contributed by atoms with Gasteiger partial charge >= 0.3 is 0 Å². The molecule has 0 amide bonds. The van der Waals surface area contributed by atoms with Gasteiger partial charge in [0.25, 0.3) is 0 Å². The second-order valence-electron chi connectivity index (χ2n) is 7.15. The molecule has 0 unspecified atom stereocenters. The summed E-state index contributed by atoms with van der Waals surface area (Å²) in [5, 5.41) is 0. The molecule has 0 saturated carbocycles. The molecular formula is C19H25N3O. The average Bonchev–Trinajstić information content (AvgIpc) is 2.81. The van der Waals surface area contributed by atoms with Crippen molar-refractivity contribution in [3.8, 4) is 5.75 Å². The van der Waals surface area contributed by atoms with Crippen molar-refractivity contribution < 1.29 is 4.74 Å². The smallest absolute Gasteiger partial charge is 0.123 e. The Balaban J connectivity index is 1.63. The molecule has 4 heteroatoms. The number of aromatic nitrogens is 2. The highest BCUT2D eigenvalue weighted by Gasteiger charge is 2.29. The lowest BCUT2D eigenvalue weighted by molar-refractivity contribution is 0.138. The molecular weight excluding hydrogens is 286 g/mol. The van der Waals surface area contributed by atoms with Crippen molar-refractivity contribution in [3.05, 3.63) is 53.6 Å². The predicted molar refractivity (Wildman–Crippen MR) is 91.5 cm³/mol. The molecule has 0 fully saturated rings. The third-order valence-corrected chi connectivity index (χ3v) is 4.43. The topological polar surface area (TPSA) is 38.2 Å². The number of hydrogen-bond acceptors (Lipinski definition) is 4. The molecule has 4 nitrogen and oxygen atoms in total. The molecule has 0 bridgehead atoms. The van der Waals surface area contributed by atoms with Crippen LogP contribution in [0.5, 0.6) is 5.75 Å². The SMILES string of the molecule is C[C@@H](Cc1cnccn1)N(C)Cc1ccc2c(c1)CC(C)(C)O2. The van der Waals surface area contributed by atoms with Crippen molar-refractivity contribution >= 4 is 0 Å². The van der Waals surface area contributed by atoms with Crippen LogP contribution in [-0.2, 0) is 19.4 Å². The fourth-order valence-corrected chi connectivity index (χ4v) is 3.10. The molecule has 0 N–H and O–H groups in total. The standard InChI is InChI=1S/C19H25N3O/c1-14(9-17-12-20-7-8-21-17)22(4)13-15-5-6-18-16(10-15)11-19(2,3)23-18/h5-8,10,12,14H,9,11,13H2,1-4H3/t14-/m0/s1. The normalized spacial score (nSPS) is 16.9. The van der Waals surface area contributed by atoms with Gasteiger partial charge in [-0.2, -0.15) is 0 Å². The Kier molecular flexibility index (Phi) is 4.35. The first kappa shape index (κ1) is 15.9. The maximum atomic E-state index is 5.95. The third-order valence-electron chi connectivity index (χ3n) is 4.43. The van der Waals surface area contributed by atoms with Gasteiger partial charge in [0.2, 0.25) is 0 Å². The van der Waals surface area contributed by atoms with E-state index in [1.165, 1.54) is 11.1 Å². The van der Waals surface area contributed by atoms with Crippen LogP contribution in [0, 0.1) is 0 Å². The maximum Gasteiger partial charge on any atom is 0.123 e. The van der Waals surface area contributed by atoms with Crippen LogP contribution in [0.1, 0.15) is 37.6 Å². The van der Waals surface area contributed by atoms with Gasteiger partial charge in [-0.1, -0.05) is 12.1 Å². The first-order chi connectivity index (χ1) is 10.9. The molecule has 0 spiro atoms. The highest BCUT2D eigenvalue weighted by molar-refractivity contribution is 5.41. The van der Waals surface area contributed by atoms with Gasteiger partial charge in [-0.3, -0.25) is 14.9 Å². The zero-order chi connectivity index (χ0) is 16.4. The Morgan fingerprint density at radius 1 is 1.30 bits per heavy atom. The molecule has 2 aromatic rings. The minimum absolute atomic E-state index is 0.0773. The van der Waals surface area contributed by atoms with E-state index in [-0.39, 0.29) is 5.60 Å². The molecule has 1 aliphatic rings. The third kappa shape index (κ3) is 3.88. The van der Waals surface area contributed by atoms with Crippen molar-refractivity contribution in [2.45, 2.75) is 51.8 Å². The number of likely N-dealkylation sites (N-methyl/N-ethyl adjacent to an activating group) is 1. The Morgan fingerprint density at radius 3 is 2.87 bits per heavy atom. The summed E-state index contributed by atoms with van der Waals surface area (Å²) in [6.07, 6.45) is 7.20. The average molecular weight is 311 g/mol. The van der Waals surface area contributed by atoms with Gasteiger partial charge in [-0.15, -0.1) is 0 Å². The van der Waals surface area contributed by atoms with E-state index in [0.29, 0.717) is 6.04 Å². The molecule has 0 aliphatic carbocycles. The lowest BCUT2D eigenvalue weighted by Gasteiger charge is -2.24. The summed E-state index contributed by atoms with van der Waals surface area (Å²) in [4.78, 5) is 10.9. The molecule has 1 aromatic heterocycles. The lowest BCUT2D eigenvalue weighted by Crippen LogP contribution is -2.30. The second-order valence-corrected chi connectivity index (χ2v) is 7.15. The van der Waals surface area contributed by atoms with Crippen LogP contribution in [0.3, 0.4) is 0 Å². The van der Waals surface area contributed by atoms with Crippen LogP contribution in [0.15, 0.2) is 36.8 Å². The van der Waals surface area contributed by atoms with Crippen molar-refractivity contribution in [1.82, 2.24) is 14.9 Å². The number of rotatable bonds is 5. The van der Waals surface area contributed by atoms with Gasteiger partial charge in [0.05, 0.1) is 5.69 Å². The summed E-state index contributed by atoms with van der Waals surface area (Å²) in [6, 6.07) is 6.98. The molecule has 23 heavy (non-hydrogen) atoms. The van der Waals surface area contributed by atoms with Crippen molar-refractivity contribution in [3.63, 3.8) is 0 Å². The zero-order valence-electron chi connectivity index (χ0n) is 14.4. The minimum Gasteiger partial charge on any atom is -0.487 e. The highest BCUT2D eigenvalue weighted by Crippen LogP contribution is 2.35. The summed E-state index contributed by atoms with van der Waals surface area (Å²) < 4.78 is 5.95. The quantitative estimate of drug-likeness (QED) is 0.849. The van der Waals surface area contributed by atoms with Crippen LogP contribution in [0.25, 0.3) is 0 Å². The van der Waals surface area contributed by atoms with Crippen molar-refractivity contribution in [1.29, 1.82) is 0 Å². The Bertz CT molecular complexity index is 670. The summed E-state index contributed by atoms with van der Waals surface area (Å²) >= 11 is 0. The summed E-state index contributed by atoms with van der Waals surface area (Å²) in [5.74, 6) is 1.04. The molecule has 3 rings (SSSR count). The minimum atomic E-state index is -0.0773. The summed E-state index contributed by atoms with van der Waals surface area (Å²) in [7, 11) is 2.16. The number of fused-ring (bicyclic) bond motifs is 1. The number of ether oxygens (including phenoxy) is 1. The fraction of sp³-hybridized carbons (Fsp3) is 0.474. The Morgan fingerprint density at radius 2 is 2.13 bits per heavy atom. The molecule has 1 atom stereocenters. The summed E-state index contributed by atoms with van der Waals surface area (Å²) in [5.41, 5.74) is 3.61. The molecule has 2 heterocycles. The number of hydrogen-bond donors (Lipinski definition) is 0. The van der Waals surface area contributed by atoms with Gasteiger partial charge in [0.1, 0.15) is 11.4 Å². The number of nitrogens with zero attached hydrogens (tertiary/aromatic N) is 3. The zero-order valence-corrected chi connectivity index (χ0v) is 14.4. The first-order valence-corrected chi connectivity index (χ1v) is 8.19. The first-order valence-electron chi connectivity index (χ1n) is 8.19. The monoisotopic (exact) mass is 311 g/mol. The van der Waals surface area contributed by atoms with Crippen LogP contribution in [0.4, 0.5) is 0 Å². The van der Waals surface area contributed by atoms with Gasteiger partial charge in [0.15, 0.2) is 0 Å². The van der Waals surface area contributed by atoms with E-state index in [0.717, 1.165) is 30.8 Å². The largest absolute Gasteiger partial charge is 0.487 e. The van der Waals surface area contributed by atoms with Crippen molar-refractivity contribution in [2.24, 2.45) is 0 Å². The second kappa shape index (κ2) is 6.28. The van der Waals surface area contributed by atoms with E-state index in [1.807, 2.05) is 6.20 Å². The summed E-state index contributed by atoms with van der Waals surface area (Å²) in [6.45, 7) is 7.44. The van der Waals surface area contributed by atoms with E-state index in [9.17, 15) is 0 Å². The van der Waals surface area contributed by atoms with Crippen LogP contribution >= 0.6 is 0 Å². The molecule has 1 aromatic carbocycles. The predicted octanol–water partition coefficient (Wildman–Crippen LogP) is 3.25. The Hall–Kier alpha value is -1.94.